The number of carbonyl (C=O) groups is 1. The number of amides is 1. The molecule has 30 heavy (non-hydrogen) atoms. The number of hydrogen-bond donors (Lipinski definition) is 1. The van der Waals surface area contributed by atoms with Crippen molar-refractivity contribution < 1.29 is 9.53 Å². The number of aromatic nitrogens is 3. The van der Waals surface area contributed by atoms with Crippen molar-refractivity contribution in [2.45, 2.75) is 27.3 Å². The molecule has 1 N–H and O–H groups in total. The Bertz CT molecular complexity index is 1230. The third kappa shape index (κ3) is 3.64. The number of carbonyl (C=O) groups excluding carboxylic acids is 1. The van der Waals surface area contributed by atoms with Crippen LogP contribution in [0.15, 0.2) is 54.7 Å². The van der Waals surface area contributed by atoms with Crippen LogP contribution in [0.1, 0.15) is 32.9 Å². The molecule has 2 heterocycles. The summed E-state index contributed by atoms with van der Waals surface area (Å²) in [6.07, 6.45) is 1.63. The summed E-state index contributed by atoms with van der Waals surface area (Å²) in [5, 5.41) is 7.62. The predicted octanol–water partition coefficient (Wildman–Crippen LogP) is 4.26. The van der Waals surface area contributed by atoms with Gasteiger partial charge in [-0.2, -0.15) is 5.10 Å². The molecule has 0 spiro atoms. The fourth-order valence-corrected chi connectivity index (χ4v) is 3.58. The minimum Gasteiger partial charge on any atom is -0.497 e. The van der Waals surface area contributed by atoms with E-state index in [1.807, 2.05) is 44.2 Å². The van der Waals surface area contributed by atoms with Crippen LogP contribution in [-0.2, 0) is 6.54 Å². The standard InChI is InChI=1S/C24H24N4O2/c1-15-6-5-7-19(12-15)22-16(2)27-28-17(3)21(14-25-23(22)28)24(29)26-13-18-8-10-20(30-4)11-9-18/h5-12,14H,13H2,1-4H3,(H,26,29). The Balaban J connectivity index is 1.62. The van der Waals surface area contributed by atoms with Gasteiger partial charge >= 0.3 is 0 Å². The van der Waals surface area contributed by atoms with Gasteiger partial charge in [0.25, 0.3) is 5.91 Å². The molecule has 0 aliphatic heterocycles. The number of methoxy groups -OCH3 is 1. The lowest BCUT2D eigenvalue weighted by Crippen LogP contribution is -2.24. The van der Waals surface area contributed by atoms with Gasteiger partial charge < -0.3 is 10.1 Å². The van der Waals surface area contributed by atoms with Gasteiger partial charge in [0.05, 0.1) is 24.1 Å². The Labute approximate surface area is 175 Å². The number of hydrogen-bond acceptors (Lipinski definition) is 4. The summed E-state index contributed by atoms with van der Waals surface area (Å²) in [4.78, 5) is 17.4. The highest BCUT2D eigenvalue weighted by molar-refractivity contribution is 5.95. The molecule has 6 heteroatoms. The summed E-state index contributed by atoms with van der Waals surface area (Å²) >= 11 is 0. The van der Waals surface area contributed by atoms with Crippen LogP contribution < -0.4 is 10.1 Å². The molecule has 0 fully saturated rings. The number of fused-ring (bicyclic) bond motifs is 1. The average molecular weight is 400 g/mol. The number of benzene rings is 2. The second-order valence-electron chi connectivity index (χ2n) is 7.35. The summed E-state index contributed by atoms with van der Waals surface area (Å²) in [6.45, 7) is 6.35. The summed E-state index contributed by atoms with van der Waals surface area (Å²) < 4.78 is 6.92. The van der Waals surface area contributed by atoms with Gasteiger partial charge in [-0.1, -0.05) is 42.0 Å². The second kappa shape index (κ2) is 7.99. The van der Waals surface area contributed by atoms with Crippen LogP contribution >= 0.6 is 0 Å². The van der Waals surface area contributed by atoms with E-state index < -0.39 is 0 Å². The highest BCUT2D eigenvalue weighted by Gasteiger charge is 2.18. The maximum absolute atomic E-state index is 12.8. The topological polar surface area (TPSA) is 68.5 Å². The molecule has 0 saturated carbocycles. The monoisotopic (exact) mass is 400 g/mol. The van der Waals surface area contributed by atoms with Crippen molar-refractivity contribution in [3.05, 3.63) is 82.8 Å². The molecule has 1 amide bonds. The highest BCUT2D eigenvalue weighted by atomic mass is 16.5. The van der Waals surface area contributed by atoms with Gasteiger partial charge in [0.2, 0.25) is 0 Å². The molecular formula is C24H24N4O2. The predicted molar refractivity (Wildman–Crippen MR) is 117 cm³/mol. The molecule has 4 rings (SSSR count). The molecule has 4 aromatic rings. The summed E-state index contributed by atoms with van der Waals surface area (Å²) in [5.41, 5.74) is 7.14. The highest BCUT2D eigenvalue weighted by Crippen LogP contribution is 2.28. The maximum atomic E-state index is 12.8. The molecule has 0 saturated heterocycles. The zero-order valence-electron chi connectivity index (χ0n) is 17.6. The van der Waals surface area contributed by atoms with Crippen LogP contribution in [0.25, 0.3) is 16.8 Å². The second-order valence-corrected chi connectivity index (χ2v) is 7.35. The largest absolute Gasteiger partial charge is 0.497 e. The Morgan fingerprint density at radius 1 is 1.10 bits per heavy atom. The van der Waals surface area contributed by atoms with Crippen molar-refractivity contribution in [3.63, 3.8) is 0 Å². The third-order valence-corrected chi connectivity index (χ3v) is 5.22. The number of nitrogens with one attached hydrogen (secondary N) is 1. The number of aryl methyl sites for hydroxylation is 3. The fourth-order valence-electron chi connectivity index (χ4n) is 3.58. The van der Waals surface area contributed by atoms with E-state index >= 15 is 0 Å². The molecule has 0 unspecified atom stereocenters. The molecule has 0 radical (unpaired) electrons. The lowest BCUT2D eigenvalue weighted by Gasteiger charge is -2.09. The van der Waals surface area contributed by atoms with Crippen LogP contribution in [0.5, 0.6) is 5.75 Å². The third-order valence-electron chi connectivity index (χ3n) is 5.22. The Hall–Kier alpha value is -3.67. The zero-order chi connectivity index (χ0) is 21.3. The Kier molecular flexibility index (Phi) is 5.23. The molecule has 0 bridgehead atoms. The van der Waals surface area contributed by atoms with E-state index in [0.29, 0.717) is 12.1 Å². The molecule has 2 aromatic carbocycles. The van der Waals surface area contributed by atoms with Crippen molar-refractivity contribution in [2.75, 3.05) is 7.11 Å². The quantitative estimate of drug-likeness (QED) is 0.543. The van der Waals surface area contributed by atoms with E-state index in [1.54, 1.807) is 17.8 Å². The smallest absolute Gasteiger partial charge is 0.254 e. The first kappa shape index (κ1) is 19.6. The van der Waals surface area contributed by atoms with E-state index in [9.17, 15) is 4.79 Å². The van der Waals surface area contributed by atoms with Crippen molar-refractivity contribution in [2.24, 2.45) is 0 Å². The van der Waals surface area contributed by atoms with Gasteiger partial charge in [0.1, 0.15) is 5.75 Å². The van der Waals surface area contributed by atoms with Crippen LogP contribution in [0, 0.1) is 20.8 Å². The van der Waals surface area contributed by atoms with Gasteiger partial charge in [-0.3, -0.25) is 4.79 Å². The van der Waals surface area contributed by atoms with E-state index in [0.717, 1.165) is 39.5 Å². The van der Waals surface area contributed by atoms with Gasteiger partial charge in [-0.05, 0) is 44.0 Å². The summed E-state index contributed by atoms with van der Waals surface area (Å²) in [7, 11) is 1.63. The van der Waals surface area contributed by atoms with Crippen molar-refractivity contribution in [1.29, 1.82) is 0 Å². The van der Waals surface area contributed by atoms with Gasteiger partial charge in [0.15, 0.2) is 5.65 Å². The number of nitrogens with zero attached hydrogens (tertiary/aromatic N) is 3. The molecule has 152 valence electrons. The minimum atomic E-state index is -0.178. The molecule has 0 aliphatic carbocycles. The summed E-state index contributed by atoms with van der Waals surface area (Å²) in [5.74, 6) is 0.608. The SMILES string of the molecule is COc1ccc(CNC(=O)c2cnc3c(-c4cccc(C)c4)c(C)nn3c2C)cc1. The van der Waals surface area contributed by atoms with E-state index in [1.165, 1.54) is 5.56 Å². The lowest BCUT2D eigenvalue weighted by atomic mass is 10.0. The van der Waals surface area contributed by atoms with E-state index in [-0.39, 0.29) is 5.91 Å². The van der Waals surface area contributed by atoms with Gasteiger partial charge in [-0.25, -0.2) is 9.50 Å². The Morgan fingerprint density at radius 2 is 1.87 bits per heavy atom. The average Bonchev–Trinajstić information content (AvgIpc) is 3.09. The van der Waals surface area contributed by atoms with E-state index in [2.05, 4.69) is 40.5 Å². The lowest BCUT2D eigenvalue weighted by molar-refractivity contribution is 0.0949. The normalized spacial score (nSPS) is 10.9. The minimum absolute atomic E-state index is 0.178. The number of ether oxygens (including phenoxy) is 1. The van der Waals surface area contributed by atoms with Crippen molar-refractivity contribution in [3.8, 4) is 16.9 Å². The van der Waals surface area contributed by atoms with E-state index in [4.69, 9.17) is 4.74 Å². The molecule has 6 nitrogen and oxygen atoms in total. The van der Waals surface area contributed by atoms with Crippen LogP contribution in [0.4, 0.5) is 0 Å². The fraction of sp³-hybridized carbons (Fsp3) is 0.208. The first-order chi connectivity index (χ1) is 14.5. The zero-order valence-corrected chi connectivity index (χ0v) is 17.6. The first-order valence-corrected chi connectivity index (χ1v) is 9.81. The van der Waals surface area contributed by atoms with Gasteiger partial charge in [-0.15, -0.1) is 0 Å². The molecule has 0 aliphatic rings. The Morgan fingerprint density at radius 3 is 2.57 bits per heavy atom. The van der Waals surface area contributed by atoms with Crippen molar-refractivity contribution in [1.82, 2.24) is 19.9 Å². The van der Waals surface area contributed by atoms with Crippen molar-refractivity contribution >= 4 is 11.6 Å². The maximum Gasteiger partial charge on any atom is 0.254 e. The number of rotatable bonds is 5. The van der Waals surface area contributed by atoms with Gasteiger partial charge in [0, 0.05) is 18.3 Å². The molecule has 0 atom stereocenters. The molecule has 2 aromatic heterocycles. The summed E-state index contributed by atoms with van der Waals surface area (Å²) in [6, 6.07) is 15.9. The van der Waals surface area contributed by atoms with Crippen LogP contribution in [-0.4, -0.2) is 27.6 Å². The van der Waals surface area contributed by atoms with Crippen LogP contribution in [0.3, 0.4) is 0 Å². The molecular weight excluding hydrogens is 376 g/mol. The first-order valence-electron chi connectivity index (χ1n) is 9.81. The van der Waals surface area contributed by atoms with Crippen LogP contribution in [0.2, 0.25) is 0 Å².